The lowest BCUT2D eigenvalue weighted by Gasteiger charge is -2.42. The molecule has 0 radical (unpaired) electrons. The Balaban J connectivity index is 1.36. The molecule has 2 aliphatic heterocycles. The molecular formula is C22H23ClF3N3O2. The van der Waals surface area contributed by atoms with Crippen molar-refractivity contribution < 1.29 is 22.7 Å². The Morgan fingerprint density at radius 2 is 1.55 bits per heavy atom. The SMILES string of the molecule is O=C1NCN(Cc2ccc(Cl)cc2)C12CCN(Cc1ccc(OC(F)(F)F)cc1)CC2. The number of likely N-dealkylation sites (tertiary alicyclic amines) is 1. The van der Waals surface area contributed by atoms with Gasteiger partial charge in [-0.1, -0.05) is 35.9 Å². The van der Waals surface area contributed by atoms with Crippen LogP contribution in [0.1, 0.15) is 24.0 Å². The van der Waals surface area contributed by atoms with E-state index in [0.717, 1.165) is 24.2 Å². The van der Waals surface area contributed by atoms with Gasteiger partial charge in [-0.25, -0.2) is 0 Å². The maximum absolute atomic E-state index is 12.7. The predicted octanol–water partition coefficient (Wildman–Crippen LogP) is 4.16. The average Bonchev–Trinajstić information content (AvgIpc) is 3.01. The molecule has 1 amide bonds. The molecule has 0 aliphatic carbocycles. The lowest BCUT2D eigenvalue weighted by atomic mass is 9.85. The molecule has 0 saturated carbocycles. The molecule has 166 valence electrons. The number of halogens is 4. The van der Waals surface area contributed by atoms with Crippen molar-refractivity contribution in [1.82, 2.24) is 15.1 Å². The van der Waals surface area contributed by atoms with Crippen LogP contribution in [0.5, 0.6) is 5.75 Å². The van der Waals surface area contributed by atoms with Crippen molar-refractivity contribution in [3.63, 3.8) is 0 Å². The fourth-order valence-electron chi connectivity index (χ4n) is 4.32. The van der Waals surface area contributed by atoms with E-state index in [4.69, 9.17) is 11.6 Å². The number of nitrogens with one attached hydrogen (secondary N) is 1. The van der Waals surface area contributed by atoms with E-state index in [1.54, 1.807) is 12.1 Å². The number of benzene rings is 2. The maximum atomic E-state index is 12.7. The quantitative estimate of drug-likeness (QED) is 0.738. The van der Waals surface area contributed by atoms with E-state index in [2.05, 4.69) is 19.9 Å². The molecule has 0 atom stereocenters. The number of carbonyl (C=O) groups excluding carboxylic acids is 1. The summed E-state index contributed by atoms with van der Waals surface area (Å²) < 4.78 is 40.8. The Labute approximate surface area is 183 Å². The fourth-order valence-corrected chi connectivity index (χ4v) is 4.45. The van der Waals surface area contributed by atoms with E-state index in [1.807, 2.05) is 24.3 Å². The number of amides is 1. The van der Waals surface area contributed by atoms with Gasteiger partial charge in [0.1, 0.15) is 11.3 Å². The van der Waals surface area contributed by atoms with Gasteiger partial charge in [-0.05, 0) is 48.2 Å². The average molecular weight is 454 g/mol. The Bertz CT molecular complexity index is 911. The van der Waals surface area contributed by atoms with Crippen LogP contribution in [0, 0.1) is 0 Å². The highest BCUT2D eigenvalue weighted by Crippen LogP contribution is 2.34. The maximum Gasteiger partial charge on any atom is 0.573 e. The molecule has 0 bridgehead atoms. The second-order valence-corrected chi connectivity index (χ2v) is 8.42. The molecule has 2 aromatic rings. The summed E-state index contributed by atoms with van der Waals surface area (Å²) in [5, 5.41) is 3.67. The van der Waals surface area contributed by atoms with Crippen LogP contribution in [-0.4, -0.2) is 47.4 Å². The van der Waals surface area contributed by atoms with E-state index >= 15 is 0 Å². The Hall–Kier alpha value is -2.29. The smallest absolute Gasteiger partial charge is 0.406 e. The Kier molecular flexibility index (Phi) is 6.14. The zero-order chi connectivity index (χ0) is 22.1. The third-order valence-corrected chi connectivity index (χ3v) is 6.24. The number of alkyl halides is 3. The first kappa shape index (κ1) is 21.9. The van der Waals surface area contributed by atoms with E-state index in [9.17, 15) is 18.0 Å². The van der Waals surface area contributed by atoms with Gasteiger partial charge < -0.3 is 10.1 Å². The molecule has 0 unspecified atom stereocenters. The molecule has 4 rings (SSSR count). The molecule has 1 N–H and O–H groups in total. The van der Waals surface area contributed by atoms with Crippen molar-refractivity contribution in [2.75, 3.05) is 19.8 Å². The lowest BCUT2D eigenvalue weighted by molar-refractivity contribution is -0.274. The highest BCUT2D eigenvalue weighted by Gasteiger charge is 2.49. The zero-order valence-electron chi connectivity index (χ0n) is 16.8. The van der Waals surface area contributed by atoms with Crippen molar-refractivity contribution in [1.29, 1.82) is 0 Å². The number of carbonyl (C=O) groups is 1. The predicted molar refractivity (Wildman–Crippen MR) is 110 cm³/mol. The van der Waals surface area contributed by atoms with E-state index in [0.29, 0.717) is 37.6 Å². The van der Waals surface area contributed by atoms with Crippen LogP contribution in [0.2, 0.25) is 5.02 Å². The fraction of sp³-hybridized carbons (Fsp3) is 0.409. The molecule has 2 fully saturated rings. The first-order chi connectivity index (χ1) is 14.7. The number of rotatable bonds is 5. The molecule has 1 spiro atoms. The van der Waals surface area contributed by atoms with Crippen LogP contribution >= 0.6 is 11.6 Å². The zero-order valence-corrected chi connectivity index (χ0v) is 17.5. The van der Waals surface area contributed by atoms with E-state index in [-0.39, 0.29) is 11.7 Å². The molecule has 0 aromatic heterocycles. The summed E-state index contributed by atoms with van der Waals surface area (Å²) in [6, 6.07) is 13.6. The van der Waals surface area contributed by atoms with Gasteiger partial charge >= 0.3 is 6.36 Å². The highest BCUT2D eigenvalue weighted by atomic mass is 35.5. The summed E-state index contributed by atoms with van der Waals surface area (Å²) in [7, 11) is 0. The molecular weight excluding hydrogens is 431 g/mol. The number of ether oxygens (including phenoxy) is 1. The van der Waals surface area contributed by atoms with Gasteiger partial charge in [-0.15, -0.1) is 13.2 Å². The summed E-state index contributed by atoms with van der Waals surface area (Å²) >= 11 is 5.97. The minimum Gasteiger partial charge on any atom is -0.406 e. The van der Waals surface area contributed by atoms with E-state index in [1.165, 1.54) is 12.1 Å². The first-order valence-electron chi connectivity index (χ1n) is 10.1. The molecule has 2 saturated heterocycles. The largest absolute Gasteiger partial charge is 0.573 e. The normalized spacial score (nSPS) is 19.5. The second kappa shape index (κ2) is 8.68. The summed E-state index contributed by atoms with van der Waals surface area (Å²) in [6.45, 7) is 3.25. The lowest BCUT2D eigenvalue weighted by Crippen LogP contribution is -2.55. The second-order valence-electron chi connectivity index (χ2n) is 7.99. The van der Waals surface area contributed by atoms with Crippen molar-refractivity contribution in [2.45, 2.75) is 37.8 Å². The topological polar surface area (TPSA) is 44.8 Å². The van der Waals surface area contributed by atoms with Crippen LogP contribution in [-0.2, 0) is 17.9 Å². The van der Waals surface area contributed by atoms with Crippen LogP contribution in [0.25, 0.3) is 0 Å². The van der Waals surface area contributed by atoms with Gasteiger partial charge in [-0.2, -0.15) is 0 Å². The van der Waals surface area contributed by atoms with Gasteiger partial charge in [-0.3, -0.25) is 14.6 Å². The monoisotopic (exact) mass is 453 g/mol. The van der Waals surface area contributed by atoms with Crippen LogP contribution in [0.4, 0.5) is 13.2 Å². The van der Waals surface area contributed by atoms with Crippen LogP contribution in [0.3, 0.4) is 0 Å². The van der Waals surface area contributed by atoms with Crippen molar-refractivity contribution in [3.8, 4) is 5.75 Å². The summed E-state index contributed by atoms with van der Waals surface area (Å²) in [5.74, 6) is -0.163. The molecule has 2 aliphatic rings. The first-order valence-corrected chi connectivity index (χ1v) is 10.5. The number of nitrogens with zero attached hydrogens (tertiary/aromatic N) is 2. The van der Waals surface area contributed by atoms with E-state index < -0.39 is 11.9 Å². The summed E-state index contributed by atoms with van der Waals surface area (Å²) in [6.07, 6.45) is -3.30. The summed E-state index contributed by atoms with van der Waals surface area (Å²) in [4.78, 5) is 17.1. The van der Waals surface area contributed by atoms with Crippen molar-refractivity contribution in [3.05, 3.63) is 64.7 Å². The van der Waals surface area contributed by atoms with Gasteiger partial charge in [0, 0.05) is 31.2 Å². The number of hydrogen-bond acceptors (Lipinski definition) is 4. The molecule has 2 aromatic carbocycles. The van der Waals surface area contributed by atoms with Gasteiger partial charge in [0.05, 0.1) is 6.67 Å². The highest BCUT2D eigenvalue weighted by molar-refractivity contribution is 6.30. The van der Waals surface area contributed by atoms with Crippen molar-refractivity contribution in [2.24, 2.45) is 0 Å². The van der Waals surface area contributed by atoms with Crippen LogP contribution < -0.4 is 10.1 Å². The molecule has 5 nitrogen and oxygen atoms in total. The van der Waals surface area contributed by atoms with Crippen LogP contribution in [0.15, 0.2) is 48.5 Å². The standard InChI is InChI=1S/C22H23ClF3N3O2/c23-18-5-1-17(2-6-18)14-29-15-27-20(30)21(29)9-11-28(12-10-21)13-16-3-7-19(8-4-16)31-22(24,25)26/h1-8H,9-15H2,(H,27,30). The van der Waals surface area contributed by atoms with Gasteiger partial charge in [0.25, 0.3) is 0 Å². The summed E-state index contributed by atoms with van der Waals surface area (Å²) in [5.41, 5.74) is 1.48. The molecule has 9 heteroatoms. The third-order valence-electron chi connectivity index (χ3n) is 5.99. The minimum atomic E-state index is -4.69. The minimum absolute atomic E-state index is 0.0646. The third kappa shape index (κ3) is 5.14. The van der Waals surface area contributed by atoms with Gasteiger partial charge in [0.15, 0.2) is 0 Å². The molecule has 2 heterocycles. The van der Waals surface area contributed by atoms with Crippen molar-refractivity contribution >= 4 is 17.5 Å². The van der Waals surface area contributed by atoms with Gasteiger partial charge in [0.2, 0.25) is 5.91 Å². The number of piperidine rings is 1. The molecule has 31 heavy (non-hydrogen) atoms. The number of hydrogen-bond donors (Lipinski definition) is 1. The Morgan fingerprint density at radius 3 is 2.16 bits per heavy atom. The Morgan fingerprint density at radius 1 is 0.968 bits per heavy atom.